The van der Waals surface area contributed by atoms with Crippen molar-refractivity contribution in [2.45, 2.75) is 19.1 Å². The van der Waals surface area contributed by atoms with Crippen LogP contribution in [0.2, 0.25) is 0 Å². The Bertz CT molecular complexity index is 1290. The molecule has 3 aromatic rings. The fourth-order valence-electron chi connectivity index (χ4n) is 3.59. The highest BCUT2D eigenvalue weighted by Gasteiger charge is 2.37. The average molecular weight is 513 g/mol. The topological polar surface area (TPSA) is 49.4 Å². The number of carbonyl (C=O) groups excluding carboxylic acids is 2. The van der Waals surface area contributed by atoms with Gasteiger partial charge in [0.25, 0.3) is 11.8 Å². The first-order valence-corrected chi connectivity index (χ1v) is 11.8. The molecule has 3 aromatic carbocycles. The van der Waals surface area contributed by atoms with Crippen LogP contribution in [0.4, 0.5) is 18.9 Å². The van der Waals surface area contributed by atoms with Crippen molar-refractivity contribution in [2.24, 2.45) is 0 Å². The molecule has 1 fully saturated rings. The molecule has 0 spiro atoms. The zero-order valence-corrected chi connectivity index (χ0v) is 19.8. The van der Waals surface area contributed by atoms with Gasteiger partial charge in [-0.15, -0.1) is 0 Å². The summed E-state index contributed by atoms with van der Waals surface area (Å²) in [4.78, 5) is 28.2. The van der Waals surface area contributed by atoms with Gasteiger partial charge in [0.05, 0.1) is 22.7 Å². The number of thioether (sulfide) groups is 1. The predicted octanol–water partition coefficient (Wildman–Crippen LogP) is 6.20. The molecule has 2 amide bonds. The summed E-state index contributed by atoms with van der Waals surface area (Å²) in [5.41, 5.74) is 0.300. The normalized spacial score (nSPS) is 15.3. The highest BCUT2D eigenvalue weighted by Crippen LogP contribution is 2.37. The van der Waals surface area contributed by atoms with E-state index >= 15 is 0 Å². The number of halogens is 3. The van der Waals surface area contributed by atoms with Crippen LogP contribution in [0, 0.1) is 0 Å². The summed E-state index contributed by atoms with van der Waals surface area (Å²) in [6.45, 7) is 0.228. The lowest BCUT2D eigenvalue weighted by Crippen LogP contribution is -2.28. The third kappa shape index (κ3) is 5.80. The van der Waals surface area contributed by atoms with Crippen molar-refractivity contribution in [1.82, 2.24) is 4.90 Å². The molecule has 0 atom stereocenters. The summed E-state index contributed by atoms with van der Waals surface area (Å²) in [5.74, 6) is -1.24. The average Bonchev–Trinajstić information content (AvgIpc) is 3.11. The van der Waals surface area contributed by atoms with E-state index in [9.17, 15) is 22.8 Å². The lowest BCUT2D eigenvalue weighted by Gasteiger charge is -2.16. The van der Waals surface area contributed by atoms with Gasteiger partial charge in [0.2, 0.25) is 0 Å². The lowest BCUT2D eigenvalue weighted by atomic mass is 10.0. The molecule has 1 N–H and O–H groups in total. The second kappa shape index (κ2) is 10.5. The van der Waals surface area contributed by atoms with Crippen molar-refractivity contribution in [2.75, 3.05) is 5.32 Å². The van der Waals surface area contributed by atoms with Crippen molar-refractivity contribution >= 4 is 45.8 Å². The van der Waals surface area contributed by atoms with Crippen LogP contribution in [-0.2, 0) is 28.7 Å². The number of hydrogen-bond donors (Lipinski definition) is 1. The number of rotatable bonds is 6. The van der Waals surface area contributed by atoms with Gasteiger partial charge in [-0.2, -0.15) is 13.2 Å². The largest absolute Gasteiger partial charge is 0.418 e. The molecule has 0 aromatic heterocycles. The maximum absolute atomic E-state index is 13.5. The molecular formula is C26H19F3N2O2S2. The Kier molecular flexibility index (Phi) is 7.37. The van der Waals surface area contributed by atoms with Crippen LogP contribution < -0.4 is 5.32 Å². The monoisotopic (exact) mass is 512 g/mol. The number of anilines is 1. The van der Waals surface area contributed by atoms with Crippen LogP contribution in [-0.4, -0.2) is 21.0 Å². The zero-order valence-electron chi connectivity index (χ0n) is 18.2. The van der Waals surface area contributed by atoms with E-state index in [2.05, 4.69) is 5.32 Å². The van der Waals surface area contributed by atoms with E-state index in [0.29, 0.717) is 0 Å². The fourth-order valence-corrected chi connectivity index (χ4v) is 4.90. The summed E-state index contributed by atoms with van der Waals surface area (Å²) in [5, 5.41) is 2.37. The number of para-hydroxylation sites is 1. The van der Waals surface area contributed by atoms with E-state index in [4.69, 9.17) is 12.2 Å². The first kappa shape index (κ1) is 24.7. The molecule has 1 aliphatic rings. The van der Waals surface area contributed by atoms with Crippen molar-refractivity contribution in [3.63, 3.8) is 0 Å². The third-order valence-electron chi connectivity index (χ3n) is 5.29. The van der Waals surface area contributed by atoms with Gasteiger partial charge in [0.15, 0.2) is 0 Å². The second-order valence-electron chi connectivity index (χ2n) is 7.71. The Labute approximate surface area is 209 Å². The number of alkyl halides is 3. The molecule has 1 heterocycles. The van der Waals surface area contributed by atoms with Crippen LogP contribution >= 0.6 is 24.0 Å². The fraction of sp³-hybridized carbons (Fsp3) is 0.115. The van der Waals surface area contributed by atoms with Gasteiger partial charge >= 0.3 is 6.18 Å². The summed E-state index contributed by atoms with van der Waals surface area (Å²) >= 11 is 6.40. The van der Waals surface area contributed by atoms with E-state index in [0.717, 1.165) is 29.0 Å². The van der Waals surface area contributed by atoms with Gasteiger partial charge in [-0.25, -0.2) is 0 Å². The Morgan fingerprint density at radius 1 is 0.886 bits per heavy atom. The zero-order chi connectivity index (χ0) is 25.0. The SMILES string of the molecule is O=C(Nc1ccccc1C(F)(F)F)/C(Cc1ccccc1)=C1/SC(=S)N(Cc2ccccc2)C1=O. The number of benzene rings is 3. The van der Waals surface area contributed by atoms with Gasteiger partial charge < -0.3 is 5.32 Å². The highest BCUT2D eigenvalue weighted by atomic mass is 32.2. The van der Waals surface area contributed by atoms with E-state index in [1.54, 1.807) is 24.3 Å². The molecule has 0 bridgehead atoms. The van der Waals surface area contributed by atoms with Crippen LogP contribution in [0.1, 0.15) is 16.7 Å². The minimum Gasteiger partial charge on any atom is -0.322 e. The number of amides is 2. The quantitative estimate of drug-likeness (QED) is 0.316. The molecule has 35 heavy (non-hydrogen) atoms. The standard InChI is InChI=1S/C26H19F3N2O2S2/c27-26(28,29)20-13-7-8-14-21(20)30-23(32)19(15-17-9-3-1-4-10-17)22-24(33)31(25(34)35-22)16-18-11-5-2-6-12-18/h1-14H,15-16H2,(H,30,32)/b22-19+. The van der Waals surface area contributed by atoms with Gasteiger partial charge in [0.1, 0.15) is 4.32 Å². The van der Waals surface area contributed by atoms with E-state index in [-0.39, 0.29) is 33.5 Å². The summed E-state index contributed by atoms with van der Waals surface area (Å²) in [6.07, 6.45) is -4.60. The molecule has 178 valence electrons. The maximum atomic E-state index is 13.5. The molecule has 9 heteroatoms. The molecule has 1 saturated heterocycles. The Morgan fingerprint density at radius 2 is 1.46 bits per heavy atom. The molecule has 0 radical (unpaired) electrons. The smallest absolute Gasteiger partial charge is 0.322 e. The minimum absolute atomic E-state index is 0.0523. The predicted molar refractivity (Wildman–Crippen MR) is 134 cm³/mol. The van der Waals surface area contributed by atoms with Crippen molar-refractivity contribution in [3.8, 4) is 0 Å². The van der Waals surface area contributed by atoms with E-state index in [1.807, 2.05) is 36.4 Å². The van der Waals surface area contributed by atoms with Crippen LogP contribution in [0.5, 0.6) is 0 Å². The summed E-state index contributed by atoms with van der Waals surface area (Å²) < 4.78 is 40.7. The molecule has 0 unspecified atom stereocenters. The van der Waals surface area contributed by atoms with Crippen molar-refractivity contribution in [3.05, 3.63) is 112 Å². The van der Waals surface area contributed by atoms with E-state index < -0.39 is 23.6 Å². The second-order valence-corrected chi connectivity index (χ2v) is 9.36. The molecule has 1 aliphatic heterocycles. The van der Waals surface area contributed by atoms with Crippen LogP contribution in [0.25, 0.3) is 0 Å². The first-order chi connectivity index (χ1) is 16.7. The molecule has 4 nitrogen and oxygen atoms in total. The van der Waals surface area contributed by atoms with Crippen LogP contribution in [0.15, 0.2) is 95.4 Å². The van der Waals surface area contributed by atoms with Gasteiger partial charge in [-0.3, -0.25) is 14.5 Å². The lowest BCUT2D eigenvalue weighted by molar-refractivity contribution is -0.137. The number of carbonyl (C=O) groups is 2. The molecule has 4 rings (SSSR count). The number of nitrogens with zero attached hydrogens (tertiary/aromatic N) is 1. The van der Waals surface area contributed by atoms with Crippen LogP contribution in [0.3, 0.4) is 0 Å². The molecule has 0 saturated carbocycles. The van der Waals surface area contributed by atoms with Gasteiger partial charge in [-0.1, -0.05) is 96.8 Å². The minimum atomic E-state index is -4.65. The Morgan fingerprint density at radius 3 is 2.09 bits per heavy atom. The Balaban J connectivity index is 1.70. The molecular weight excluding hydrogens is 493 g/mol. The third-order valence-corrected chi connectivity index (χ3v) is 6.78. The number of thiocarbonyl (C=S) groups is 1. The molecule has 0 aliphatic carbocycles. The highest BCUT2D eigenvalue weighted by molar-refractivity contribution is 8.26. The van der Waals surface area contributed by atoms with Crippen molar-refractivity contribution in [1.29, 1.82) is 0 Å². The van der Waals surface area contributed by atoms with Gasteiger partial charge in [-0.05, 0) is 23.3 Å². The maximum Gasteiger partial charge on any atom is 0.418 e. The summed E-state index contributed by atoms with van der Waals surface area (Å²) in [7, 11) is 0. The Hall–Kier alpha value is -3.43. The first-order valence-electron chi connectivity index (χ1n) is 10.6. The van der Waals surface area contributed by atoms with Crippen molar-refractivity contribution < 1.29 is 22.8 Å². The van der Waals surface area contributed by atoms with Gasteiger partial charge in [0, 0.05) is 12.0 Å². The number of hydrogen-bond acceptors (Lipinski definition) is 4. The summed E-state index contributed by atoms with van der Waals surface area (Å²) in [6, 6.07) is 22.9. The number of nitrogens with one attached hydrogen (secondary N) is 1. The van der Waals surface area contributed by atoms with E-state index in [1.165, 1.54) is 23.1 Å².